The molecule has 9 nitrogen and oxygen atoms in total. The molecule has 2 atom stereocenters. The summed E-state index contributed by atoms with van der Waals surface area (Å²) < 4.78 is 28.3. The lowest BCUT2D eigenvalue weighted by Crippen LogP contribution is -2.54. The molecule has 0 radical (unpaired) electrons. The van der Waals surface area contributed by atoms with E-state index in [0.29, 0.717) is 36.2 Å². The lowest BCUT2D eigenvalue weighted by Gasteiger charge is -2.38. The van der Waals surface area contributed by atoms with E-state index >= 15 is 0 Å². The summed E-state index contributed by atoms with van der Waals surface area (Å²) in [6, 6.07) is 5.66. The normalized spacial score (nSPS) is 23.9. The molecular weight excluding hydrogens is 394 g/mol. The van der Waals surface area contributed by atoms with Crippen LogP contribution in [0, 0.1) is 17.2 Å². The van der Waals surface area contributed by atoms with E-state index in [9.17, 15) is 18.5 Å². The van der Waals surface area contributed by atoms with Crippen LogP contribution in [0.1, 0.15) is 12.5 Å². The summed E-state index contributed by atoms with van der Waals surface area (Å²) >= 11 is 0. The van der Waals surface area contributed by atoms with E-state index in [2.05, 4.69) is 21.4 Å². The average molecular weight is 415 g/mol. The Morgan fingerprint density at radius 1 is 1.28 bits per heavy atom. The molecule has 2 aromatic rings. The van der Waals surface area contributed by atoms with Crippen LogP contribution in [0.25, 0.3) is 11.0 Å². The molecule has 1 aromatic carbocycles. The fraction of sp³-hybridized carbons (Fsp3) is 0.474. The van der Waals surface area contributed by atoms with Crippen molar-refractivity contribution in [1.82, 2.24) is 15.3 Å². The molecule has 4 rings (SSSR count). The number of hydrogen-bond donors (Lipinski definition) is 1. The van der Waals surface area contributed by atoms with Crippen molar-refractivity contribution in [2.24, 2.45) is 5.92 Å². The van der Waals surface area contributed by atoms with Crippen molar-refractivity contribution in [3.05, 3.63) is 30.1 Å². The average Bonchev–Trinajstić information content (AvgIpc) is 2.69. The number of hydrogen-bond acceptors (Lipinski definition) is 8. The van der Waals surface area contributed by atoms with Crippen molar-refractivity contribution < 1.29 is 17.9 Å². The first-order valence-corrected chi connectivity index (χ1v) is 11.2. The Morgan fingerprint density at radius 3 is 2.69 bits per heavy atom. The molecule has 152 valence electrons. The monoisotopic (exact) mass is 415 g/mol. The SMILES string of the molecule is C[C@@H]1CN(c2ccc(C#N)c3nccnc23)C[C@H](C(=O)NCC2CS(=O)(=O)C2)O1. The third-order valence-electron chi connectivity index (χ3n) is 5.16. The van der Waals surface area contributed by atoms with Gasteiger partial charge in [-0.3, -0.25) is 14.8 Å². The maximum Gasteiger partial charge on any atom is 0.251 e. The lowest BCUT2D eigenvalue weighted by atomic mass is 10.1. The standard InChI is InChI=1S/C19H21N5O4S/c1-12-8-24(15-3-2-14(6-20)17-18(15)22-5-4-21-17)9-16(28-12)19(25)23-7-13-10-29(26,27)11-13/h2-5,12-13,16H,7-11H2,1H3,(H,23,25)/t12-,16-/m1/s1. The maximum atomic E-state index is 12.6. The summed E-state index contributed by atoms with van der Waals surface area (Å²) in [5.41, 5.74) is 2.38. The van der Waals surface area contributed by atoms with Crippen molar-refractivity contribution in [2.75, 3.05) is 36.0 Å². The van der Waals surface area contributed by atoms with Crippen LogP contribution >= 0.6 is 0 Å². The molecule has 0 bridgehead atoms. The van der Waals surface area contributed by atoms with Gasteiger partial charge in [-0.2, -0.15) is 5.26 Å². The van der Waals surface area contributed by atoms with Gasteiger partial charge in [-0.1, -0.05) is 0 Å². The Labute approximate surface area is 168 Å². The fourth-order valence-corrected chi connectivity index (χ4v) is 5.40. The molecule has 3 heterocycles. The van der Waals surface area contributed by atoms with Gasteiger partial charge in [0.05, 0.1) is 35.4 Å². The second-order valence-electron chi connectivity index (χ2n) is 7.53. The van der Waals surface area contributed by atoms with Crippen molar-refractivity contribution >= 4 is 32.5 Å². The van der Waals surface area contributed by atoms with Gasteiger partial charge < -0.3 is 15.0 Å². The molecule has 0 spiro atoms. The molecule has 1 amide bonds. The molecule has 2 fully saturated rings. The van der Waals surface area contributed by atoms with Crippen LogP contribution in [0.15, 0.2) is 24.5 Å². The van der Waals surface area contributed by atoms with Crippen LogP contribution in [0.4, 0.5) is 5.69 Å². The Morgan fingerprint density at radius 2 is 2.00 bits per heavy atom. The summed E-state index contributed by atoms with van der Waals surface area (Å²) in [6.45, 7) is 3.12. The number of anilines is 1. The van der Waals surface area contributed by atoms with Gasteiger partial charge in [-0.15, -0.1) is 0 Å². The molecule has 2 saturated heterocycles. The number of nitrogens with one attached hydrogen (secondary N) is 1. The minimum atomic E-state index is -2.91. The van der Waals surface area contributed by atoms with Gasteiger partial charge in [0.1, 0.15) is 17.1 Å². The number of nitrogens with zero attached hydrogens (tertiary/aromatic N) is 4. The third kappa shape index (κ3) is 4.02. The largest absolute Gasteiger partial charge is 0.364 e. The molecule has 0 saturated carbocycles. The molecular formula is C19H21N5O4S. The molecule has 2 aliphatic heterocycles. The highest BCUT2D eigenvalue weighted by atomic mass is 32.2. The first-order valence-electron chi connectivity index (χ1n) is 9.38. The zero-order valence-corrected chi connectivity index (χ0v) is 16.7. The number of sulfone groups is 1. The minimum absolute atomic E-state index is 0.0289. The summed E-state index contributed by atoms with van der Waals surface area (Å²) in [7, 11) is -2.91. The second kappa shape index (κ2) is 7.57. The maximum absolute atomic E-state index is 12.6. The predicted octanol–water partition coefficient (Wildman–Crippen LogP) is 0.256. The van der Waals surface area contributed by atoms with Gasteiger partial charge in [0.2, 0.25) is 0 Å². The second-order valence-corrected chi connectivity index (χ2v) is 9.68. The smallest absolute Gasteiger partial charge is 0.251 e. The van der Waals surface area contributed by atoms with E-state index in [1.807, 2.05) is 17.9 Å². The number of amides is 1. The highest BCUT2D eigenvalue weighted by Gasteiger charge is 2.35. The number of carbonyl (C=O) groups is 1. The van der Waals surface area contributed by atoms with E-state index in [1.165, 1.54) is 0 Å². The van der Waals surface area contributed by atoms with Crippen LogP contribution in [-0.2, 0) is 19.4 Å². The van der Waals surface area contributed by atoms with E-state index in [0.717, 1.165) is 5.69 Å². The number of benzene rings is 1. The van der Waals surface area contributed by atoms with Gasteiger partial charge in [0.15, 0.2) is 15.9 Å². The lowest BCUT2D eigenvalue weighted by molar-refractivity contribution is -0.137. The topological polar surface area (TPSA) is 125 Å². The van der Waals surface area contributed by atoms with Gasteiger partial charge in [-0.05, 0) is 19.1 Å². The summed E-state index contributed by atoms with van der Waals surface area (Å²) in [5.74, 6) is -0.0391. The Kier molecular flexibility index (Phi) is 5.10. The number of rotatable bonds is 4. The Hall–Kier alpha value is -2.77. The molecule has 1 N–H and O–H groups in total. The van der Waals surface area contributed by atoms with Crippen LogP contribution in [-0.4, -0.2) is 67.6 Å². The number of nitriles is 1. The number of aromatic nitrogens is 2. The fourth-order valence-electron chi connectivity index (χ4n) is 3.83. The van der Waals surface area contributed by atoms with E-state index < -0.39 is 15.9 Å². The first-order chi connectivity index (χ1) is 13.9. The number of fused-ring (bicyclic) bond motifs is 1. The number of ether oxygens (including phenoxy) is 1. The Balaban J connectivity index is 1.50. The van der Waals surface area contributed by atoms with Crippen molar-refractivity contribution in [1.29, 1.82) is 5.26 Å². The molecule has 29 heavy (non-hydrogen) atoms. The Bertz CT molecular complexity index is 1090. The van der Waals surface area contributed by atoms with Crippen LogP contribution in [0.3, 0.4) is 0 Å². The van der Waals surface area contributed by atoms with Crippen molar-refractivity contribution in [3.8, 4) is 6.07 Å². The van der Waals surface area contributed by atoms with Crippen molar-refractivity contribution in [3.63, 3.8) is 0 Å². The quantitative estimate of drug-likeness (QED) is 0.754. The molecule has 1 aromatic heterocycles. The molecule has 0 unspecified atom stereocenters. The first kappa shape index (κ1) is 19.5. The van der Waals surface area contributed by atoms with Crippen LogP contribution in [0.5, 0.6) is 0 Å². The number of morpholine rings is 1. The molecule has 2 aliphatic rings. The molecule has 0 aliphatic carbocycles. The predicted molar refractivity (Wildman–Crippen MR) is 106 cm³/mol. The van der Waals surface area contributed by atoms with Crippen LogP contribution < -0.4 is 10.2 Å². The van der Waals surface area contributed by atoms with Crippen molar-refractivity contribution in [2.45, 2.75) is 19.1 Å². The minimum Gasteiger partial charge on any atom is -0.364 e. The van der Waals surface area contributed by atoms with Crippen LogP contribution in [0.2, 0.25) is 0 Å². The zero-order valence-electron chi connectivity index (χ0n) is 15.9. The van der Waals surface area contributed by atoms with Gasteiger partial charge >= 0.3 is 0 Å². The van der Waals surface area contributed by atoms with E-state index in [-0.39, 0.29) is 29.4 Å². The zero-order chi connectivity index (χ0) is 20.6. The third-order valence-corrected chi connectivity index (χ3v) is 7.12. The van der Waals surface area contributed by atoms with E-state index in [4.69, 9.17) is 4.74 Å². The molecule has 10 heteroatoms. The summed E-state index contributed by atoms with van der Waals surface area (Å²) in [5, 5.41) is 12.1. The summed E-state index contributed by atoms with van der Waals surface area (Å²) in [6.07, 6.45) is 2.25. The van der Waals surface area contributed by atoms with Gasteiger partial charge in [-0.25, -0.2) is 8.42 Å². The van der Waals surface area contributed by atoms with E-state index in [1.54, 1.807) is 18.5 Å². The number of carbonyl (C=O) groups excluding carboxylic acids is 1. The summed E-state index contributed by atoms with van der Waals surface area (Å²) in [4.78, 5) is 23.3. The highest BCUT2D eigenvalue weighted by Crippen LogP contribution is 2.29. The van der Waals surface area contributed by atoms with Gasteiger partial charge in [0.25, 0.3) is 5.91 Å². The van der Waals surface area contributed by atoms with Gasteiger partial charge in [0, 0.05) is 31.4 Å². The highest BCUT2D eigenvalue weighted by molar-refractivity contribution is 7.92.